The number of rotatable bonds is 11. The summed E-state index contributed by atoms with van der Waals surface area (Å²) in [5.74, 6) is 0.232. The van der Waals surface area contributed by atoms with E-state index in [1.165, 1.54) is 29.8 Å². The molecule has 36 heavy (non-hydrogen) atoms. The van der Waals surface area contributed by atoms with Crippen molar-refractivity contribution in [2.24, 2.45) is 7.05 Å². The van der Waals surface area contributed by atoms with Gasteiger partial charge in [0, 0.05) is 29.2 Å². The summed E-state index contributed by atoms with van der Waals surface area (Å²) in [4.78, 5) is 21.2. The Labute approximate surface area is 222 Å². The van der Waals surface area contributed by atoms with Gasteiger partial charge in [0.25, 0.3) is 5.56 Å². The summed E-state index contributed by atoms with van der Waals surface area (Å²) in [5.41, 5.74) is 0.151. The van der Waals surface area contributed by atoms with Crippen molar-refractivity contribution in [3.63, 3.8) is 0 Å². The average molecular weight is 524 g/mol. The van der Waals surface area contributed by atoms with Gasteiger partial charge in [0.15, 0.2) is 5.52 Å². The molecule has 0 bridgehead atoms. The second kappa shape index (κ2) is 11.1. The predicted octanol–water partition coefficient (Wildman–Crippen LogP) is 2.83. The molecule has 0 spiro atoms. The maximum Gasteiger partial charge on any atom is 0.277 e. The summed E-state index contributed by atoms with van der Waals surface area (Å²) in [6, 6.07) is 2.97. The fourth-order valence-electron chi connectivity index (χ4n) is 4.18. The van der Waals surface area contributed by atoms with Crippen molar-refractivity contribution < 1.29 is 22.7 Å². The highest BCUT2D eigenvalue weighted by Crippen LogP contribution is 2.31. The van der Waals surface area contributed by atoms with E-state index < -0.39 is 47.9 Å². The van der Waals surface area contributed by atoms with Gasteiger partial charge in [-0.15, -0.1) is 0 Å². The molecule has 1 atom stereocenters. The number of nitrogens with zero attached hydrogens (tertiary/aromatic N) is 4. The Kier molecular flexibility index (Phi) is 5.70. The molecule has 2 aromatic heterocycles. The SMILES string of the molecule is [2H]C([2H])(C)Cc1nn(C)c2c(=O)[nH]c(-c3cc(S(=O)(=O)NCC([2H])([2H])C4CCCN4C([2H])([2H])[2H])ccc3OCCC)nc12. The second-order valence-corrected chi connectivity index (χ2v) is 10.4. The third kappa shape index (κ3) is 5.47. The van der Waals surface area contributed by atoms with Gasteiger partial charge < -0.3 is 14.6 Å². The number of aryl methyl sites for hydroxylation is 2. The minimum atomic E-state index is -4.31. The third-order valence-electron chi connectivity index (χ3n) is 5.94. The highest BCUT2D eigenvalue weighted by atomic mass is 32.2. The quantitative estimate of drug-likeness (QED) is 0.396. The molecule has 0 saturated carbocycles. The summed E-state index contributed by atoms with van der Waals surface area (Å²) in [7, 11) is -2.77. The van der Waals surface area contributed by atoms with Crippen LogP contribution in [-0.4, -0.2) is 65.8 Å². The largest absolute Gasteiger partial charge is 0.493 e. The smallest absolute Gasteiger partial charge is 0.277 e. The number of aromatic amines is 1. The number of benzene rings is 1. The molecule has 4 rings (SSSR count). The number of sulfonamides is 1. The molecular weight excluding hydrogens is 480 g/mol. The lowest BCUT2D eigenvalue weighted by Gasteiger charge is -2.19. The number of H-pyrrole nitrogens is 1. The van der Waals surface area contributed by atoms with Crippen LogP contribution in [0.25, 0.3) is 22.4 Å². The van der Waals surface area contributed by atoms with E-state index in [2.05, 4.69) is 19.8 Å². The van der Waals surface area contributed by atoms with Crippen molar-refractivity contribution in [1.82, 2.24) is 29.4 Å². The van der Waals surface area contributed by atoms with Crippen molar-refractivity contribution in [1.29, 1.82) is 0 Å². The minimum Gasteiger partial charge on any atom is -0.493 e. The van der Waals surface area contributed by atoms with E-state index in [4.69, 9.17) is 14.3 Å². The molecule has 1 saturated heterocycles. The molecule has 10 nitrogen and oxygen atoms in total. The van der Waals surface area contributed by atoms with Crippen LogP contribution in [0.5, 0.6) is 5.75 Å². The van der Waals surface area contributed by atoms with Crippen LogP contribution in [0.2, 0.25) is 0 Å². The zero-order valence-corrected chi connectivity index (χ0v) is 21.4. The van der Waals surface area contributed by atoms with E-state index >= 15 is 0 Å². The Balaban J connectivity index is 1.72. The molecule has 1 aliphatic rings. The first-order chi connectivity index (χ1) is 19.8. The van der Waals surface area contributed by atoms with Gasteiger partial charge in [-0.05, 0) is 63.8 Å². The molecule has 11 heteroatoms. The molecule has 0 radical (unpaired) electrons. The molecule has 1 fully saturated rings. The van der Waals surface area contributed by atoms with Crippen LogP contribution in [0.15, 0.2) is 27.9 Å². The molecule has 1 aliphatic heterocycles. The van der Waals surface area contributed by atoms with E-state index in [-0.39, 0.29) is 58.1 Å². The third-order valence-corrected chi connectivity index (χ3v) is 7.34. The van der Waals surface area contributed by atoms with E-state index in [1.807, 2.05) is 6.92 Å². The van der Waals surface area contributed by atoms with E-state index in [0.717, 1.165) is 4.90 Å². The first-order valence-electron chi connectivity index (χ1n) is 15.3. The summed E-state index contributed by atoms with van der Waals surface area (Å²) in [6.45, 7) is 0.591. The van der Waals surface area contributed by atoms with Crippen molar-refractivity contribution in [2.45, 2.75) is 63.2 Å². The van der Waals surface area contributed by atoms with Crippen LogP contribution in [0, 0.1) is 0 Å². The summed E-state index contributed by atoms with van der Waals surface area (Å²) >= 11 is 0. The summed E-state index contributed by atoms with van der Waals surface area (Å²) in [6.07, 6.45) is -2.52. The van der Waals surface area contributed by atoms with Crippen LogP contribution in [-0.2, 0) is 23.5 Å². The van der Waals surface area contributed by atoms with Crippen LogP contribution in [0.3, 0.4) is 0 Å². The Morgan fingerprint density at radius 1 is 1.36 bits per heavy atom. The van der Waals surface area contributed by atoms with Gasteiger partial charge in [0.1, 0.15) is 17.1 Å². The molecular formula is C25H36N6O4S. The topological polar surface area (TPSA) is 122 Å². The summed E-state index contributed by atoms with van der Waals surface area (Å²) in [5, 5.41) is 4.28. The molecule has 1 aromatic carbocycles. The molecule has 0 amide bonds. The van der Waals surface area contributed by atoms with Crippen LogP contribution >= 0.6 is 0 Å². The normalized spacial score (nSPS) is 20.8. The van der Waals surface area contributed by atoms with Gasteiger partial charge >= 0.3 is 0 Å². The van der Waals surface area contributed by atoms with Crippen LogP contribution < -0.4 is 15.0 Å². The van der Waals surface area contributed by atoms with Crippen molar-refractivity contribution in [3.8, 4) is 17.1 Å². The van der Waals surface area contributed by atoms with E-state index in [9.17, 15) is 13.2 Å². The van der Waals surface area contributed by atoms with Crippen molar-refractivity contribution in [2.75, 3.05) is 26.7 Å². The Morgan fingerprint density at radius 2 is 2.19 bits per heavy atom. The highest BCUT2D eigenvalue weighted by Gasteiger charge is 2.23. The van der Waals surface area contributed by atoms with Crippen LogP contribution in [0.4, 0.5) is 0 Å². The Bertz CT molecular complexity index is 1650. The number of aromatic nitrogens is 4. The minimum absolute atomic E-state index is 0.0128. The molecule has 3 aromatic rings. The Hall–Kier alpha value is -2.76. The number of ether oxygens (including phenoxy) is 1. The van der Waals surface area contributed by atoms with E-state index in [1.54, 1.807) is 7.05 Å². The molecule has 3 heterocycles. The maximum atomic E-state index is 13.4. The fourth-order valence-corrected chi connectivity index (χ4v) is 5.14. The number of likely N-dealkylation sites (tertiary alicyclic amines) is 1. The first-order valence-corrected chi connectivity index (χ1v) is 13.3. The van der Waals surface area contributed by atoms with Gasteiger partial charge in [-0.3, -0.25) is 9.48 Å². The van der Waals surface area contributed by atoms with Crippen LogP contribution in [0.1, 0.15) is 61.1 Å². The lowest BCUT2D eigenvalue weighted by atomic mass is 10.1. The van der Waals surface area contributed by atoms with Gasteiger partial charge in [-0.2, -0.15) is 5.10 Å². The monoisotopic (exact) mass is 523 g/mol. The molecule has 196 valence electrons. The number of hydrogen-bond donors (Lipinski definition) is 2. The molecule has 1 unspecified atom stereocenters. The zero-order chi connectivity index (χ0) is 32.0. The van der Waals surface area contributed by atoms with Gasteiger partial charge in [0.05, 0.1) is 22.8 Å². The summed E-state index contributed by atoms with van der Waals surface area (Å²) < 4.78 is 92.2. The van der Waals surface area contributed by atoms with E-state index in [0.29, 0.717) is 19.4 Å². The second-order valence-electron chi connectivity index (χ2n) is 8.60. The lowest BCUT2D eigenvalue weighted by Crippen LogP contribution is -2.31. The standard InChI is InChI=1S/C25H36N6O4S/c1-5-8-20-22-23(31(4)29-20)25(32)28-24(27-22)19-16-18(10-11-21(19)35-15-6-2)36(33,34)26-13-12-17-9-7-14-30(17)3/h10-11,16-17,26H,5-9,12-15H2,1-4H3,(H,27,28,32)/i3D3,5D2,12D2. The first kappa shape index (κ1) is 18.5. The maximum absolute atomic E-state index is 13.4. The number of nitrogens with one attached hydrogen (secondary N) is 2. The van der Waals surface area contributed by atoms with Gasteiger partial charge in [-0.1, -0.05) is 20.2 Å². The number of fused-ring (bicyclic) bond motifs is 1. The van der Waals surface area contributed by atoms with Gasteiger partial charge in [0.2, 0.25) is 10.0 Å². The van der Waals surface area contributed by atoms with Gasteiger partial charge in [-0.25, -0.2) is 18.1 Å². The average Bonchev–Trinajstić information content (AvgIpc) is 3.51. The predicted molar refractivity (Wildman–Crippen MR) is 140 cm³/mol. The fraction of sp³-hybridized carbons (Fsp3) is 0.560. The number of hydrogen-bond acceptors (Lipinski definition) is 7. The lowest BCUT2D eigenvalue weighted by molar-refractivity contribution is 0.297. The van der Waals surface area contributed by atoms with Crippen molar-refractivity contribution >= 4 is 21.1 Å². The molecule has 2 N–H and O–H groups in total. The van der Waals surface area contributed by atoms with Crippen molar-refractivity contribution in [3.05, 3.63) is 34.2 Å². The molecule has 0 aliphatic carbocycles. The zero-order valence-electron chi connectivity index (χ0n) is 27.6. The highest BCUT2D eigenvalue weighted by molar-refractivity contribution is 7.89. The Morgan fingerprint density at radius 3 is 2.94 bits per heavy atom.